The highest BCUT2D eigenvalue weighted by Gasteiger charge is 2.43. The molecule has 166 valence electrons. The number of ether oxygens (including phenoxy) is 1. The fraction of sp³-hybridized carbons (Fsp3) is 0.609. The minimum absolute atomic E-state index is 0.241. The normalized spacial score (nSPS) is 24.5. The summed E-state index contributed by atoms with van der Waals surface area (Å²) in [5, 5.41) is 4.51. The van der Waals surface area contributed by atoms with E-state index in [2.05, 4.69) is 10.00 Å². The van der Waals surface area contributed by atoms with Crippen LogP contribution in [0.15, 0.2) is 33.9 Å². The van der Waals surface area contributed by atoms with Crippen LogP contribution in [0.3, 0.4) is 0 Å². The van der Waals surface area contributed by atoms with Gasteiger partial charge in [0.25, 0.3) is 0 Å². The Morgan fingerprint density at radius 1 is 1.06 bits per heavy atom. The molecule has 0 radical (unpaired) electrons. The van der Waals surface area contributed by atoms with E-state index in [-0.39, 0.29) is 12.4 Å². The molecule has 1 spiro atoms. The van der Waals surface area contributed by atoms with Crippen LogP contribution in [0.4, 0.5) is 4.39 Å². The summed E-state index contributed by atoms with van der Waals surface area (Å²) in [6, 6.07) is 6.53. The lowest BCUT2D eigenvalue weighted by Crippen LogP contribution is -2.53. The Bertz CT molecular complexity index is 1060. The first kappa shape index (κ1) is 20.6. The summed E-state index contributed by atoms with van der Waals surface area (Å²) < 4.78 is 22.3. The second-order valence-electron chi connectivity index (χ2n) is 9.36. The van der Waals surface area contributed by atoms with Crippen molar-refractivity contribution < 1.29 is 9.13 Å². The predicted molar refractivity (Wildman–Crippen MR) is 113 cm³/mol. The van der Waals surface area contributed by atoms with Gasteiger partial charge in [-0.2, -0.15) is 5.10 Å². The number of hydrogen-bond acceptors (Lipinski definition) is 5. The number of likely N-dealkylation sites (tertiary alicyclic amines) is 1. The summed E-state index contributed by atoms with van der Waals surface area (Å²) >= 11 is 0. The summed E-state index contributed by atoms with van der Waals surface area (Å²) in [6.07, 6.45) is 6.59. The van der Waals surface area contributed by atoms with Gasteiger partial charge in [-0.3, -0.25) is 19.1 Å². The van der Waals surface area contributed by atoms with Crippen molar-refractivity contribution in [2.24, 2.45) is 5.92 Å². The maximum Gasteiger partial charge on any atom is 0.332 e. The molecule has 0 amide bonds. The van der Waals surface area contributed by atoms with E-state index in [0.717, 1.165) is 31.4 Å². The van der Waals surface area contributed by atoms with Crippen LogP contribution in [0.1, 0.15) is 49.9 Å². The predicted octanol–water partition coefficient (Wildman–Crippen LogP) is 2.30. The zero-order valence-electron chi connectivity index (χ0n) is 17.8. The lowest BCUT2D eigenvalue weighted by Gasteiger charge is -2.35. The summed E-state index contributed by atoms with van der Waals surface area (Å²) in [5.74, 6) is 0.727. The van der Waals surface area contributed by atoms with Crippen molar-refractivity contribution in [2.75, 3.05) is 13.1 Å². The highest BCUT2D eigenvalue weighted by atomic mass is 19.1. The molecule has 1 unspecified atom stereocenters. The Hall–Kier alpha value is -2.32. The number of rotatable bonds is 4. The monoisotopic (exact) mass is 428 g/mol. The van der Waals surface area contributed by atoms with Gasteiger partial charge in [0.1, 0.15) is 18.0 Å². The Labute approximate surface area is 180 Å². The Morgan fingerprint density at radius 2 is 1.84 bits per heavy atom. The van der Waals surface area contributed by atoms with Gasteiger partial charge < -0.3 is 4.74 Å². The van der Waals surface area contributed by atoms with E-state index in [0.29, 0.717) is 37.9 Å². The molecule has 3 heterocycles. The van der Waals surface area contributed by atoms with E-state index in [9.17, 15) is 14.0 Å². The Kier molecular flexibility index (Phi) is 5.52. The van der Waals surface area contributed by atoms with E-state index in [1.54, 1.807) is 12.1 Å². The van der Waals surface area contributed by atoms with E-state index in [1.165, 1.54) is 40.6 Å². The van der Waals surface area contributed by atoms with Crippen molar-refractivity contribution in [3.8, 4) is 0 Å². The zero-order chi connectivity index (χ0) is 21.4. The SMILES string of the molecule is O=c1c(=O)n2c(nn1CC1CCCCC1)COC1(CCN(Cc3ccc(F)cc3)C1)C2. The van der Waals surface area contributed by atoms with Gasteiger partial charge in [-0.1, -0.05) is 31.4 Å². The Morgan fingerprint density at radius 3 is 2.61 bits per heavy atom. The third-order valence-corrected chi connectivity index (χ3v) is 7.03. The molecule has 2 fully saturated rings. The second-order valence-corrected chi connectivity index (χ2v) is 9.36. The van der Waals surface area contributed by atoms with Crippen molar-refractivity contribution in [3.63, 3.8) is 0 Å². The summed E-state index contributed by atoms with van der Waals surface area (Å²) in [4.78, 5) is 27.9. The maximum atomic E-state index is 13.2. The van der Waals surface area contributed by atoms with Crippen molar-refractivity contribution in [1.82, 2.24) is 19.2 Å². The molecule has 2 aromatic rings. The van der Waals surface area contributed by atoms with E-state index in [4.69, 9.17) is 4.74 Å². The molecule has 2 aliphatic heterocycles. The van der Waals surface area contributed by atoms with Crippen molar-refractivity contribution in [3.05, 3.63) is 62.2 Å². The number of halogens is 1. The molecule has 0 N–H and O–H groups in total. The number of benzene rings is 1. The quantitative estimate of drug-likeness (QED) is 0.699. The molecule has 8 heteroatoms. The molecule has 1 saturated heterocycles. The fourth-order valence-electron chi connectivity index (χ4n) is 5.30. The van der Waals surface area contributed by atoms with Gasteiger partial charge in [0.15, 0.2) is 5.82 Å². The number of hydrogen-bond donors (Lipinski definition) is 0. The van der Waals surface area contributed by atoms with Gasteiger partial charge in [0.05, 0.1) is 6.54 Å². The third kappa shape index (κ3) is 4.23. The molecule has 1 aromatic heterocycles. The van der Waals surface area contributed by atoms with E-state index >= 15 is 0 Å². The molecule has 1 aromatic carbocycles. The molecule has 1 aliphatic carbocycles. The summed E-state index contributed by atoms with van der Waals surface area (Å²) in [6.45, 7) is 3.32. The smallest absolute Gasteiger partial charge is 0.332 e. The molecule has 5 rings (SSSR count). The van der Waals surface area contributed by atoms with Crippen LogP contribution in [-0.4, -0.2) is 37.9 Å². The highest BCUT2D eigenvalue weighted by molar-refractivity contribution is 5.16. The first-order valence-electron chi connectivity index (χ1n) is 11.3. The van der Waals surface area contributed by atoms with E-state index in [1.807, 2.05) is 0 Å². The molecule has 0 bridgehead atoms. The number of nitrogens with zero attached hydrogens (tertiary/aromatic N) is 4. The standard InChI is InChI=1S/C23H29FN4O3/c24-19-8-6-18(7-9-19)12-26-11-10-23(15-26)16-27-20(14-31-23)25-28(22(30)21(27)29)13-17-4-2-1-3-5-17/h6-9,17H,1-5,10-16H2. The number of fused-ring (bicyclic) bond motifs is 1. The second kappa shape index (κ2) is 8.31. The van der Waals surface area contributed by atoms with Crippen LogP contribution in [0, 0.1) is 11.7 Å². The minimum Gasteiger partial charge on any atom is -0.364 e. The summed E-state index contributed by atoms with van der Waals surface area (Å²) in [5.41, 5.74) is -0.451. The summed E-state index contributed by atoms with van der Waals surface area (Å²) in [7, 11) is 0. The first-order chi connectivity index (χ1) is 15.0. The average Bonchev–Trinajstić information content (AvgIpc) is 3.17. The maximum absolute atomic E-state index is 13.2. The highest BCUT2D eigenvalue weighted by Crippen LogP contribution is 2.32. The fourth-order valence-corrected chi connectivity index (χ4v) is 5.30. The Balaban J connectivity index is 1.31. The lowest BCUT2D eigenvalue weighted by molar-refractivity contribution is -0.0860. The molecule has 3 aliphatic rings. The van der Waals surface area contributed by atoms with Gasteiger partial charge >= 0.3 is 11.1 Å². The van der Waals surface area contributed by atoms with Crippen molar-refractivity contribution >= 4 is 0 Å². The van der Waals surface area contributed by atoms with Crippen LogP contribution < -0.4 is 11.1 Å². The lowest BCUT2D eigenvalue weighted by atomic mass is 9.89. The van der Waals surface area contributed by atoms with Gasteiger partial charge in [-0.15, -0.1) is 0 Å². The molecular formula is C23H29FN4O3. The average molecular weight is 429 g/mol. The molecule has 7 nitrogen and oxygen atoms in total. The van der Waals surface area contributed by atoms with Gasteiger partial charge in [-0.25, -0.2) is 9.07 Å². The van der Waals surface area contributed by atoms with Crippen LogP contribution in [0.5, 0.6) is 0 Å². The molecule has 31 heavy (non-hydrogen) atoms. The number of aromatic nitrogens is 3. The van der Waals surface area contributed by atoms with Gasteiger partial charge in [-0.05, 0) is 42.9 Å². The molecular weight excluding hydrogens is 399 g/mol. The topological polar surface area (TPSA) is 69.4 Å². The van der Waals surface area contributed by atoms with Gasteiger partial charge in [0.2, 0.25) is 0 Å². The van der Waals surface area contributed by atoms with Crippen molar-refractivity contribution in [2.45, 2.75) is 70.4 Å². The van der Waals surface area contributed by atoms with Crippen LogP contribution >= 0.6 is 0 Å². The molecule has 1 saturated carbocycles. The van der Waals surface area contributed by atoms with Crippen LogP contribution in [0.25, 0.3) is 0 Å². The van der Waals surface area contributed by atoms with Crippen LogP contribution in [-0.2, 0) is 31.0 Å². The third-order valence-electron chi connectivity index (χ3n) is 7.03. The van der Waals surface area contributed by atoms with E-state index < -0.39 is 16.7 Å². The first-order valence-corrected chi connectivity index (χ1v) is 11.3. The van der Waals surface area contributed by atoms with Gasteiger partial charge in [0, 0.05) is 26.2 Å². The van der Waals surface area contributed by atoms with Crippen LogP contribution in [0.2, 0.25) is 0 Å². The largest absolute Gasteiger partial charge is 0.364 e. The molecule has 1 atom stereocenters. The zero-order valence-corrected chi connectivity index (χ0v) is 17.8. The van der Waals surface area contributed by atoms with Crippen molar-refractivity contribution in [1.29, 1.82) is 0 Å². The minimum atomic E-state index is -0.521.